The van der Waals surface area contributed by atoms with E-state index in [1.165, 1.54) is 5.56 Å². The number of ether oxygens (including phenoxy) is 1. The van der Waals surface area contributed by atoms with Crippen LogP contribution < -0.4 is 4.74 Å². The lowest BCUT2D eigenvalue weighted by Crippen LogP contribution is -2.61. The van der Waals surface area contributed by atoms with Crippen LogP contribution in [-0.4, -0.2) is 53.4 Å². The van der Waals surface area contributed by atoms with Crippen LogP contribution in [0, 0.1) is 5.41 Å². The van der Waals surface area contributed by atoms with E-state index < -0.39 is 12.2 Å². The van der Waals surface area contributed by atoms with Crippen molar-refractivity contribution in [2.24, 2.45) is 5.41 Å². The van der Waals surface area contributed by atoms with Crippen molar-refractivity contribution in [2.75, 3.05) is 20.2 Å². The third kappa shape index (κ3) is 3.28. The second-order valence-electron chi connectivity index (χ2n) is 7.08. The molecule has 1 heterocycles. The van der Waals surface area contributed by atoms with Crippen molar-refractivity contribution in [2.45, 2.75) is 50.7 Å². The molecule has 5 heteroatoms. The molecule has 1 aromatic rings. The first-order valence-electron chi connectivity index (χ1n) is 8.82. The van der Waals surface area contributed by atoms with E-state index in [0.29, 0.717) is 38.8 Å². The molecule has 2 fully saturated rings. The fourth-order valence-electron chi connectivity index (χ4n) is 3.98. The average Bonchev–Trinajstić information content (AvgIpc) is 2.62. The van der Waals surface area contributed by atoms with Gasteiger partial charge < -0.3 is 19.8 Å². The zero-order valence-electron chi connectivity index (χ0n) is 14.3. The molecule has 1 spiro atoms. The lowest BCUT2D eigenvalue weighted by atomic mass is 9.58. The Hall–Kier alpha value is -1.59. The summed E-state index contributed by atoms with van der Waals surface area (Å²) in [4.78, 5) is 14.2. The molecule has 1 aliphatic heterocycles. The van der Waals surface area contributed by atoms with Crippen LogP contribution in [0.2, 0.25) is 0 Å². The van der Waals surface area contributed by atoms with Gasteiger partial charge in [0.25, 0.3) is 0 Å². The maximum absolute atomic E-state index is 12.4. The molecule has 1 aliphatic carbocycles. The summed E-state index contributed by atoms with van der Waals surface area (Å²) in [7, 11) is 1.65. The minimum atomic E-state index is -0.403. The highest BCUT2D eigenvalue weighted by Crippen LogP contribution is 2.49. The highest BCUT2D eigenvalue weighted by molar-refractivity contribution is 5.76. The zero-order valence-corrected chi connectivity index (χ0v) is 14.3. The lowest BCUT2D eigenvalue weighted by Gasteiger charge is -2.55. The van der Waals surface area contributed by atoms with E-state index in [2.05, 4.69) is 0 Å². The summed E-state index contributed by atoms with van der Waals surface area (Å²) in [5.41, 5.74) is 0.863. The van der Waals surface area contributed by atoms with Gasteiger partial charge in [-0.1, -0.05) is 12.1 Å². The van der Waals surface area contributed by atoms with Crippen LogP contribution >= 0.6 is 0 Å². The molecular weight excluding hydrogens is 306 g/mol. The van der Waals surface area contributed by atoms with Crippen LogP contribution in [0.1, 0.15) is 37.7 Å². The Morgan fingerprint density at radius 3 is 2.38 bits per heavy atom. The van der Waals surface area contributed by atoms with Crippen LogP contribution in [0.15, 0.2) is 24.3 Å². The summed E-state index contributed by atoms with van der Waals surface area (Å²) in [6, 6.07) is 7.95. The number of piperidine rings is 1. The molecule has 1 amide bonds. The maximum atomic E-state index is 12.4. The zero-order chi connectivity index (χ0) is 17.2. The Bertz CT molecular complexity index is 553. The van der Waals surface area contributed by atoms with Crippen molar-refractivity contribution in [1.82, 2.24) is 4.90 Å². The Morgan fingerprint density at radius 1 is 1.21 bits per heavy atom. The number of amides is 1. The number of aryl methyl sites for hydroxylation is 1. The Labute approximate surface area is 143 Å². The fraction of sp³-hybridized carbons (Fsp3) is 0.632. The molecule has 24 heavy (non-hydrogen) atoms. The van der Waals surface area contributed by atoms with Crippen LogP contribution in [0.4, 0.5) is 0 Å². The summed E-state index contributed by atoms with van der Waals surface area (Å²) in [6.45, 7) is 1.30. The molecule has 1 saturated heterocycles. The van der Waals surface area contributed by atoms with Crippen LogP contribution in [-0.2, 0) is 11.2 Å². The number of methoxy groups -OCH3 is 1. The summed E-state index contributed by atoms with van der Waals surface area (Å²) >= 11 is 0. The molecular formula is C19H27NO4. The van der Waals surface area contributed by atoms with E-state index in [-0.39, 0.29) is 11.3 Å². The fourth-order valence-corrected chi connectivity index (χ4v) is 3.98. The number of hydrogen-bond donors (Lipinski definition) is 2. The number of benzene rings is 1. The van der Waals surface area contributed by atoms with Gasteiger partial charge in [0.1, 0.15) is 5.75 Å². The largest absolute Gasteiger partial charge is 0.497 e. The third-order valence-corrected chi connectivity index (χ3v) is 5.84. The second kappa shape index (κ2) is 7.11. The SMILES string of the molecule is COc1ccc(CCCC(=O)N2CCC3(CC2)[C@H](O)C[C@@H]3O)cc1. The maximum Gasteiger partial charge on any atom is 0.222 e. The van der Waals surface area contributed by atoms with Crippen LogP contribution in [0.3, 0.4) is 0 Å². The molecule has 0 radical (unpaired) electrons. The van der Waals surface area contributed by atoms with E-state index >= 15 is 0 Å². The smallest absolute Gasteiger partial charge is 0.222 e. The van der Waals surface area contributed by atoms with Crippen molar-refractivity contribution in [3.8, 4) is 5.75 Å². The van der Waals surface area contributed by atoms with Gasteiger partial charge in [-0.2, -0.15) is 0 Å². The van der Waals surface area contributed by atoms with E-state index in [0.717, 1.165) is 18.6 Å². The highest BCUT2D eigenvalue weighted by atomic mass is 16.5. The van der Waals surface area contributed by atoms with Gasteiger partial charge in [-0.15, -0.1) is 0 Å². The van der Waals surface area contributed by atoms with Gasteiger partial charge in [0.2, 0.25) is 5.91 Å². The van der Waals surface area contributed by atoms with E-state index in [1.54, 1.807) is 7.11 Å². The molecule has 1 aromatic carbocycles. The number of carbonyl (C=O) groups is 1. The van der Waals surface area contributed by atoms with Gasteiger partial charge in [0.15, 0.2) is 0 Å². The van der Waals surface area contributed by atoms with Gasteiger partial charge in [-0.25, -0.2) is 0 Å². The van der Waals surface area contributed by atoms with Crippen molar-refractivity contribution in [1.29, 1.82) is 0 Å². The topological polar surface area (TPSA) is 70.0 Å². The Kier molecular flexibility index (Phi) is 5.11. The molecule has 0 aromatic heterocycles. The minimum absolute atomic E-state index is 0.182. The number of nitrogens with zero attached hydrogens (tertiary/aromatic N) is 1. The first-order valence-corrected chi connectivity index (χ1v) is 8.82. The monoisotopic (exact) mass is 333 g/mol. The normalized spacial score (nSPS) is 25.4. The highest BCUT2D eigenvalue weighted by Gasteiger charge is 2.55. The Balaban J connectivity index is 1.41. The van der Waals surface area contributed by atoms with Gasteiger partial charge in [-0.05, 0) is 43.4 Å². The molecule has 5 nitrogen and oxygen atoms in total. The number of aliphatic hydroxyl groups excluding tert-OH is 2. The van der Waals surface area contributed by atoms with Crippen molar-refractivity contribution in [3.63, 3.8) is 0 Å². The minimum Gasteiger partial charge on any atom is -0.497 e. The number of likely N-dealkylation sites (tertiary alicyclic amines) is 1. The van der Waals surface area contributed by atoms with Gasteiger partial charge in [-0.3, -0.25) is 4.79 Å². The Morgan fingerprint density at radius 2 is 1.83 bits per heavy atom. The average molecular weight is 333 g/mol. The van der Waals surface area contributed by atoms with Crippen LogP contribution in [0.25, 0.3) is 0 Å². The predicted molar refractivity (Wildman–Crippen MR) is 90.8 cm³/mol. The molecule has 2 atom stereocenters. The van der Waals surface area contributed by atoms with Gasteiger partial charge >= 0.3 is 0 Å². The van der Waals surface area contributed by atoms with Gasteiger partial charge in [0.05, 0.1) is 19.3 Å². The molecule has 1 saturated carbocycles. The number of aliphatic hydroxyl groups is 2. The van der Waals surface area contributed by atoms with E-state index in [4.69, 9.17) is 4.74 Å². The van der Waals surface area contributed by atoms with E-state index in [1.807, 2.05) is 29.2 Å². The first kappa shape index (κ1) is 17.2. The van der Waals surface area contributed by atoms with Gasteiger partial charge in [0, 0.05) is 31.3 Å². The molecule has 3 rings (SSSR count). The number of rotatable bonds is 5. The molecule has 2 aliphatic rings. The van der Waals surface area contributed by atoms with Crippen LogP contribution in [0.5, 0.6) is 5.75 Å². The number of hydrogen-bond acceptors (Lipinski definition) is 4. The molecule has 0 bridgehead atoms. The lowest BCUT2D eigenvalue weighted by molar-refractivity contribution is -0.191. The second-order valence-corrected chi connectivity index (χ2v) is 7.08. The quantitative estimate of drug-likeness (QED) is 0.861. The third-order valence-electron chi connectivity index (χ3n) is 5.84. The van der Waals surface area contributed by atoms with Crippen molar-refractivity contribution in [3.05, 3.63) is 29.8 Å². The van der Waals surface area contributed by atoms with E-state index in [9.17, 15) is 15.0 Å². The standard InChI is InChI=1S/C19H27NO4/c1-24-15-7-5-14(6-8-15)3-2-4-18(23)20-11-9-19(10-12-20)16(21)13-17(19)22/h5-8,16-17,21-22H,2-4,9-13H2,1H3/t16-,17+. The molecule has 0 unspecified atom stereocenters. The number of carbonyl (C=O) groups excluding carboxylic acids is 1. The van der Waals surface area contributed by atoms with Crippen molar-refractivity contribution < 1.29 is 19.7 Å². The predicted octanol–water partition coefficient (Wildman–Crippen LogP) is 1.75. The van der Waals surface area contributed by atoms with Crippen molar-refractivity contribution >= 4 is 5.91 Å². The summed E-state index contributed by atoms with van der Waals surface area (Å²) in [6.07, 6.45) is 3.35. The molecule has 132 valence electrons. The summed E-state index contributed by atoms with van der Waals surface area (Å²) in [5, 5.41) is 19.9. The first-order chi connectivity index (χ1) is 11.5. The summed E-state index contributed by atoms with van der Waals surface area (Å²) in [5.74, 6) is 1.03. The molecule has 2 N–H and O–H groups in total. The summed E-state index contributed by atoms with van der Waals surface area (Å²) < 4.78 is 5.14.